The molecule has 0 unspecified atom stereocenters. The molecular formula is C24H26ClN2O3+. The van der Waals surface area contributed by atoms with Crippen LogP contribution in [0.4, 0.5) is 0 Å². The van der Waals surface area contributed by atoms with Crippen molar-refractivity contribution in [2.24, 2.45) is 0 Å². The standard InChI is InChI=1S/C24H25ClN2O3/c1-3-26(4-2)13-8-14-27-21(16-9-7-10-17(25)15-16)20-22(28)18-11-5-6-12-19(18)30-23(20)24(27)29/h5-7,9-12,15,21H,3-4,8,13-14H2,1-2H3/p+1/t21-/m0/s1. The van der Waals surface area contributed by atoms with E-state index in [4.69, 9.17) is 16.0 Å². The number of quaternary nitrogens is 1. The summed E-state index contributed by atoms with van der Waals surface area (Å²) in [5, 5.41) is 1.07. The molecule has 1 atom stereocenters. The Bertz CT molecular complexity index is 1140. The summed E-state index contributed by atoms with van der Waals surface area (Å²) >= 11 is 6.24. The van der Waals surface area contributed by atoms with Gasteiger partial charge in [0.15, 0.2) is 5.43 Å². The van der Waals surface area contributed by atoms with E-state index in [1.54, 1.807) is 35.2 Å². The average molecular weight is 426 g/mol. The van der Waals surface area contributed by atoms with Crippen molar-refractivity contribution in [3.8, 4) is 0 Å². The maximum atomic E-state index is 13.4. The summed E-state index contributed by atoms with van der Waals surface area (Å²) in [5.41, 5.74) is 1.53. The summed E-state index contributed by atoms with van der Waals surface area (Å²) in [6, 6.07) is 14.0. The van der Waals surface area contributed by atoms with Crippen LogP contribution in [0.2, 0.25) is 5.02 Å². The molecule has 30 heavy (non-hydrogen) atoms. The second-order valence-electron chi connectivity index (χ2n) is 7.69. The quantitative estimate of drug-likeness (QED) is 0.631. The van der Waals surface area contributed by atoms with Crippen LogP contribution in [0.1, 0.15) is 48.0 Å². The zero-order valence-electron chi connectivity index (χ0n) is 17.3. The summed E-state index contributed by atoms with van der Waals surface area (Å²) in [7, 11) is 0. The Hall–Kier alpha value is -2.63. The van der Waals surface area contributed by atoms with Crippen molar-refractivity contribution in [1.29, 1.82) is 0 Å². The molecule has 156 valence electrons. The Morgan fingerprint density at radius 3 is 2.57 bits per heavy atom. The number of carbonyl (C=O) groups is 1. The van der Waals surface area contributed by atoms with Crippen molar-refractivity contribution in [2.75, 3.05) is 26.2 Å². The first-order chi connectivity index (χ1) is 14.5. The molecule has 1 aromatic heterocycles. The number of nitrogens with zero attached hydrogens (tertiary/aromatic N) is 1. The molecule has 0 spiro atoms. The van der Waals surface area contributed by atoms with E-state index in [-0.39, 0.29) is 17.1 Å². The van der Waals surface area contributed by atoms with Crippen LogP contribution in [-0.4, -0.2) is 37.0 Å². The third kappa shape index (κ3) is 3.64. The maximum Gasteiger partial charge on any atom is 0.290 e. The molecule has 0 saturated carbocycles. The third-order valence-electron chi connectivity index (χ3n) is 5.97. The SMILES string of the molecule is CC[NH+](CC)CCCN1C(=O)c2oc3ccccc3c(=O)c2[C@@H]1c1cccc(Cl)c1. The average Bonchev–Trinajstić information content (AvgIpc) is 3.03. The van der Waals surface area contributed by atoms with Gasteiger partial charge in [-0.2, -0.15) is 0 Å². The lowest BCUT2D eigenvalue weighted by Crippen LogP contribution is -3.11. The normalized spacial score (nSPS) is 15.9. The fourth-order valence-electron chi connectivity index (χ4n) is 4.32. The summed E-state index contributed by atoms with van der Waals surface area (Å²) in [4.78, 5) is 30.0. The van der Waals surface area contributed by atoms with Gasteiger partial charge in [-0.1, -0.05) is 35.9 Å². The first-order valence-corrected chi connectivity index (χ1v) is 10.9. The minimum atomic E-state index is -0.487. The lowest BCUT2D eigenvalue weighted by molar-refractivity contribution is -0.896. The molecule has 4 rings (SSSR count). The highest BCUT2D eigenvalue weighted by Crippen LogP contribution is 2.38. The van der Waals surface area contributed by atoms with E-state index in [2.05, 4.69) is 13.8 Å². The summed E-state index contributed by atoms with van der Waals surface area (Å²) in [6.07, 6.45) is 0.849. The fraction of sp³-hybridized carbons (Fsp3) is 0.333. The van der Waals surface area contributed by atoms with Crippen molar-refractivity contribution in [1.82, 2.24) is 4.90 Å². The lowest BCUT2D eigenvalue weighted by atomic mass is 9.98. The number of hydrogen-bond donors (Lipinski definition) is 1. The molecule has 0 bridgehead atoms. The first-order valence-electron chi connectivity index (χ1n) is 10.5. The Morgan fingerprint density at radius 1 is 1.07 bits per heavy atom. The van der Waals surface area contributed by atoms with Crippen molar-refractivity contribution < 1.29 is 14.1 Å². The molecule has 2 aromatic carbocycles. The second kappa shape index (κ2) is 8.62. The Labute approximate surface area is 180 Å². The van der Waals surface area contributed by atoms with Crippen LogP contribution >= 0.6 is 11.6 Å². The molecule has 1 amide bonds. The molecule has 5 nitrogen and oxygen atoms in total. The number of halogens is 1. The van der Waals surface area contributed by atoms with Gasteiger partial charge in [-0.05, 0) is 43.7 Å². The molecule has 0 aliphatic carbocycles. The molecule has 0 fully saturated rings. The van der Waals surface area contributed by atoms with E-state index in [1.807, 2.05) is 18.2 Å². The van der Waals surface area contributed by atoms with Gasteiger partial charge >= 0.3 is 0 Å². The molecule has 1 aliphatic heterocycles. The van der Waals surface area contributed by atoms with Gasteiger partial charge in [-0.15, -0.1) is 0 Å². The zero-order chi connectivity index (χ0) is 21.3. The topological polar surface area (TPSA) is 55.0 Å². The maximum absolute atomic E-state index is 13.4. The van der Waals surface area contributed by atoms with Crippen LogP contribution in [0.3, 0.4) is 0 Å². The van der Waals surface area contributed by atoms with E-state index in [0.717, 1.165) is 31.6 Å². The van der Waals surface area contributed by atoms with Gasteiger partial charge in [0.2, 0.25) is 5.76 Å². The highest BCUT2D eigenvalue weighted by molar-refractivity contribution is 6.30. The fourth-order valence-corrected chi connectivity index (χ4v) is 4.52. The molecule has 1 N–H and O–H groups in total. The highest BCUT2D eigenvalue weighted by Gasteiger charge is 2.42. The number of carbonyl (C=O) groups excluding carboxylic acids is 1. The first kappa shape index (κ1) is 20.6. The van der Waals surface area contributed by atoms with Gasteiger partial charge < -0.3 is 14.2 Å². The number of nitrogens with one attached hydrogen (secondary N) is 1. The van der Waals surface area contributed by atoms with Crippen molar-refractivity contribution in [3.05, 3.63) is 80.7 Å². The molecule has 0 saturated heterocycles. The van der Waals surface area contributed by atoms with Gasteiger partial charge in [0.25, 0.3) is 5.91 Å². The number of benzene rings is 2. The predicted molar refractivity (Wildman–Crippen MR) is 118 cm³/mol. The number of hydrogen-bond acceptors (Lipinski definition) is 3. The Balaban J connectivity index is 1.79. The van der Waals surface area contributed by atoms with Crippen LogP contribution in [0, 0.1) is 0 Å². The monoisotopic (exact) mass is 425 g/mol. The van der Waals surface area contributed by atoms with Gasteiger partial charge in [0.1, 0.15) is 5.58 Å². The lowest BCUT2D eigenvalue weighted by Gasteiger charge is -2.26. The zero-order valence-corrected chi connectivity index (χ0v) is 18.0. The number of para-hydroxylation sites is 1. The summed E-state index contributed by atoms with van der Waals surface area (Å²) in [6.45, 7) is 7.96. The third-order valence-corrected chi connectivity index (χ3v) is 6.20. The van der Waals surface area contributed by atoms with E-state index in [1.165, 1.54) is 4.90 Å². The number of rotatable bonds is 7. The number of amides is 1. The molecule has 1 aliphatic rings. The van der Waals surface area contributed by atoms with E-state index < -0.39 is 6.04 Å². The minimum absolute atomic E-state index is 0.151. The number of fused-ring (bicyclic) bond motifs is 2. The van der Waals surface area contributed by atoms with Crippen LogP contribution < -0.4 is 10.3 Å². The molecule has 0 radical (unpaired) electrons. The van der Waals surface area contributed by atoms with Crippen molar-refractivity contribution >= 4 is 28.5 Å². The second-order valence-corrected chi connectivity index (χ2v) is 8.12. The van der Waals surface area contributed by atoms with Gasteiger partial charge in [0.05, 0.1) is 36.6 Å². The largest absolute Gasteiger partial charge is 0.450 e. The predicted octanol–water partition coefficient (Wildman–Crippen LogP) is 3.31. The van der Waals surface area contributed by atoms with E-state index in [9.17, 15) is 9.59 Å². The smallest absolute Gasteiger partial charge is 0.290 e. The Kier molecular flexibility index (Phi) is 5.93. The summed E-state index contributed by atoms with van der Waals surface area (Å²) < 4.78 is 5.95. The van der Waals surface area contributed by atoms with Gasteiger partial charge in [0, 0.05) is 18.0 Å². The van der Waals surface area contributed by atoms with Gasteiger partial charge in [-0.3, -0.25) is 9.59 Å². The highest BCUT2D eigenvalue weighted by atomic mass is 35.5. The van der Waals surface area contributed by atoms with Crippen molar-refractivity contribution in [2.45, 2.75) is 26.3 Å². The molecule has 2 heterocycles. The molecule has 6 heteroatoms. The minimum Gasteiger partial charge on any atom is -0.450 e. The van der Waals surface area contributed by atoms with E-state index in [0.29, 0.717) is 28.1 Å². The van der Waals surface area contributed by atoms with Crippen molar-refractivity contribution in [3.63, 3.8) is 0 Å². The van der Waals surface area contributed by atoms with Crippen LogP contribution in [0.5, 0.6) is 0 Å². The van der Waals surface area contributed by atoms with Crippen LogP contribution in [-0.2, 0) is 0 Å². The van der Waals surface area contributed by atoms with Crippen LogP contribution in [0.15, 0.2) is 57.7 Å². The molecular weight excluding hydrogens is 400 g/mol. The van der Waals surface area contributed by atoms with Crippen LogP contribution in [0.25, 0.3) is 11.0 Å². The summed E-state index contributed by atoms with van der Waals surface area (Å²) in [5.74, 6) is -0.0776. The Morgan fingerprint density at radius 2 is 1.83 bits per heavy atom. The van der Waals surface area contributed by atoms with E-state index >= 15 is 0 Å². The van der Waals surface area contributed by atoms with Gasteiger partial charge in [-0.25, -0.2) is 0 Å². The molecule has 3 aromatic rings.